The maximum absolute atomic E-state index is 12.9. The minimum atomic E-state index is 0.0505. The zero-order valence-electron chi connectivity index (χ0n) is 13.2. The van der Waals surface area contributed by atoms with Crippen LogP contribution in [0.1, 0.15) is 30.7 Å². The van der Waals surface area contributed by atoms with Crippen molar-refractivity contribution in [3.05, 3.63) is 35.8 Å². The highest BCUT2D eigenvalue weighted by Gasteiger charge is 2.40. The summed E-state index contributed by atoms with van der Waals surface area (Å²) in [5.41, 5.74) is 2.69. The number of pyridine rings is 1. The van der Waals surface area contributed by atoms with Gasteiger partial charge in [0, 0.05) is 31.2 Å². The molecule has 0 unspecified atom stereocenters. The van der Waals surface area contributed by atoms with Crippen molar-refractivity contribution in [2.24, 2.45) is 0 Å². The number of aromatic nitrogens is 2. The molecule has 2 bridgehead atoms. The average Bonchev–Trinajstić information content (AvgIpc) is 3.00. The Kier molecular flexibility index (Phi) is 3.32. The number of amides is 2. The molecule has 6 heteroatoms. The normalized spacial score (nSPS) is 23.9. The van der Waals surface area contributed by atoms with E-state index in [1.54, 1.807) is 0 Å². The molecule has 0 spiro atoms. The van der Waals surface area contributed by atoms with Crippen LogP contribution in [0.5, 0.6) is 0 Å². The van der Waals surface area contributed by atoms with Crippen molar-refractivity contribution >= 4 is 17.5 Å². The number of nitrogens with zero attached hydrogens (tertiary/aromatic N) is 3. The SMILES string of the molecule is Cc1nc2ccccn2c1CC(=O)N1[C@@H]2CC[C@H]1CNC(=O)C2. The smallest absolute Gasteiger partial charge is 0.229 e. The molecule has 1 N–H and O–H groups in total. The Morgan fingerprint density at radius 1 is 1.35 bits per heavy atom. The predicted molar refractivity (Wildman–Crippen MR) is 84.9 cm³/mol. The van der Waals surface area contributed by atoms with Crippen LogP contribution in [-0.4, -0.2) is 44.7 Å². The van der Waals surface area contributed by atoms with E-state index in [0.717, 1.165) is 29.9 Å². The molecule has 4 heterocycles. The summed E-state index contributed by atoms with van der Waals surface area (Å²) in [6, 6.07) is 6.02. The molecule has 23 heavy (non-hydrogen) atoms. The first kappa shape index (κ1) is 14.2. The quantitative estimate of drug-likeness (QED) is 0.902. The van der Waals surface area contributed by atoms with E-state index in [0.29, 0.717) is 19.4 Å². The van der Waals surface area contributed by atoms with E-state index in [1.807, 2.05) is 40.6 Å². The van der Waals surface area contributed by atoms with Crippen LogP contribution in [0.15, 0.2) is 24.4 Å². The lowest BCUT2D eigenvalue weighted by atomic mass is 10.1. The first-order valence-corrected chi connectivity index (χ1v) is 8.14. The van der Waals surface area contributed by atoms with E-state index in [9.17, 15) is 9.59 Å². The van der Waals surface area contributed by atoms with Gasteiger partial charge in [0.15, 0.2) is 0 Å². The van der Waals surface area contributed by atoms with Crippen molar-refractivity contribution in [1.29, 1.82) is 0 Å². The maximum atomic E-state index is 12.9. The summed E-state index contributed by atoms with van der Waals surface area (Å²) in [5, 5.41) is 2.91. The lowest BCUT2D eigenvalue weighted by Crippen LogP contribution is -2.43. The topological polar surface area (TPSA) is 66.7 Å². The number of hydrogen-bond acceptors (Lipinski definition) is 3. The fourth-order valence-electron chi connectivity index (χ4n) is 3.90. The molecule has 2 amide bonds. The van der Waals surface area contributed by atoms with Gasteiger partial charge in [0.25, 0.3) is 0 Å². The summed E-state index contributed by atoms with van der Waals surface area (Å²) in [4.78, 5) is 31.1. The van der Waals surface area contributed by atoms with Crippen molar-refractivity contribution < 1.29 is 9.59 Å². The molecule has 0 aromatic carbocycles. The van der Waals surface area contributed by atoms with Crippen molar-refractivity contribution in [2.45, 2.75) is 44.7 Å². The van der Waals surface area contributed by atoms with E-state index in [1.165, 1.54) is 0 Å². The van der Waals surface area contributed by atoms with E-state index in [-0.39, 0.29) is 23.9 Å². The summed E-state index contributed by atoms with van der Waals surface area (Å²) in [6.45, 7) is 2.52. The number of carbonyl (C=O) groups excluding carboxylic acids is 2. The number of nitrogens with one attached hydrogen (secondary N) is 1. The van der Waals surface area contributed by atoms with Crippen LogP contribution in [0.3, 0.4) is 0 Å². The highest BCUT2D eigenvalue weighted by molar-refractivity contribution is 5.83. The van der Waals surface area contributed by atoms with Gasteiger partial charge in [-0.25, -0.2) is 4.98 Å². The Bertz CT molecular complexity index is 782. The second-order valence-electron chi connectivity index (χ2n) is 6.44. The molecular formula is C17H20N4O2. The third kappa shape index (κ3) is 2.38. The fourth-order valence-corrected chi connectivity index (χ4v) is 3.90. The summed E-state index contributed by atoms with van der Waals surface area (Å²) in [7, 11) is 0. The van der Waals surface area contributed by atoms with Gasteiger partial charge in [-0.05, 0) is 31.9 Å². The Hall–Kier alpha value is -2.37. The molecular weight excluding hydrogens is 292 g/mol. The lowest BCUT2D eigenvalue weighted by Gasteiger charge is -2.27. The number of rotatable bonds is 2. The molecule has 6 nitrogen and oxygen atoms in total. The van der Waals surface area contributed by atoms with Gasteiger partial charge in [0.1, 0.15) is 5.65 Å². The van der Waals surface area contributed by atoms with E-state index in [2.05, 4.69) is 10.3 Å². The molecule has 2 aromatic rings. The maximum Gasteiger partial charge on any atom is 0.229 e. The van der Waals surface area contributed by atoms with Gasteiger partial charge in [0.2, 0.25) is 11.8 Å². The first-order valence-electron chi connectivity index (χ1n) is 8.14. The first-order chi connectivity index (χ1) is 11.1. The molecule has 0 radical (unpaired) electrons. The van der Waals surface area contributed by atoms with Gasteiger partial charge in [-0.3, -0.25) is 9.59 Å². The van der Waals surface area contributed by atoms with Gasteiger partial charge >= 0.3 is 0 Å². The average molecular weight is 312 g/mol. The standard InChI is InChI=1S/C17H20N4O2/c1-11-14(20-7-3-2-4-15(20)19-11)9-17(23)21-12-5-6-13(21)10-18-16(22)8-12/h2-4,7,12-13H,5-6,8-10H2,1H3,(H,18,22)/t12-,13+/m1/s1. The van der Waals surface area contributed by atoms with Crippen molar-refractivity contribution in [3.63, 3.8) is 0 Å². The monoisotopic (exact) mass is 312 g/mol. The number of carbonyl (C=O) groups is 2. The van der Waals surface area contributed by atoms with Crippen LogP contribution in [-0.2, 0) is 16.0 Å². The van der Waals surface area contributed by atoms with E-state index >= 15 is 0 Å². The molecule has 2 fully saturated rings. The van der Waals surface area contributed by atoms with Crippen molar-refractivity contribution in [3.8, 4) is 0 Å². The molecule has 4 rings (SSSR count). The molecule has 2 aliphatic heterocycles. The molecule has 2 saturated heterocycles. The zero-order chi connectivity index (χ0) is 16.0. The van der Waals surface area contributed by atoms with Crippen LogP contribution in [0, 0.1) is 6.92 Å². The Labute approximate surface area is 134 Å². The predicted octanol–water partition coefficient (Wildman–Crippen LogP) is 1.06. The second-order valence-corrected chi connectivity index (χ2v) is 6.44. The molecule has 2 aliphatic rings. The number of aryl methyl sites for hydroxylation is 1. The highest BCUT2D eigenvalue weighted by atomic mass is 16.2. The minimum absolute atomic E-state index is 0.0505. The van der Waals surface area contributed by atoms with E-state index in [4.69, 9.17) is 0 Å². The zero-order valence-corrected chi connectivity index (χ0v) is 13.2. The van der Waals surface area contributed by atoms with E-state index < -0.39 is 0 Å². The Balaban J connectivity index is 1.62. The molecule has 2 aromatic heterocycles. The molecule has 2 atom stereocenters. The van der Waals surface area contributed by atoms with Crippen LogP contribution in [0.4, 0.5) is 0 Å². The molecule has 0 aliphatic carbocycles. The molecule has 0 saturated carbocycles. The van der Waals surface area contributed by atoms with Gasteiger partial charge in [-0.1, -0.05) is 6.07 Å². The third-order valence-corrected chi connectivity index (χ3v) is 5.01. The van der Waals surface area contributed by atoms with Crippen LogP contribution in [0.2, 0.25) is 0 Å². The van der Waals surface area contributed by atoms with Gasteiger partial charge in [-0.15, -0.1) is 0 Å². The minimum Gasteiger partial charge on any atom is -0.354 e. The lowest BCUT2D eigenvalue weighted by molar-refractivity contribution is -0.133. The van der Waals surface area contributed by atoms with Gasteiger partial charge < -0.3 is 14.6 Å². The second kappa shape index (κ2) is 5.37. The van der Waals surface area contributed by atoms with Gasteiger partial charge in [-0.2, -0.15) is 0 Å². The van der Waals surface area contributed by atoms with Crippen molar-refractivity contribution in [1.82, 2.24) is 19.6 Å². The largest absolute Gasteiger partial charge is 0.354 e. The molecule has 120 valence electrons. The van der Waals surface area contributed by atoms with Crippen LogP contribution >= 0.6 is 0 Å². The number of fused-ring (bicyclic) bond motifs is 3. The van der Waals surface area contributed by atoms with Crippen LogP contribution in [0.25, 0.3) is 5.65 Å². The number of hydrogen-bond donors (Lipinski definition) is 1. The highest BCUT2D eigenvalue weighted by Crippen LogP contribution is 2.29. The summed E-state index contributed by atoms with van der Waals surface area (Å²) < 4.78 is 1.98. The summed E-state index contributed by atoms with van der Waals surface area (Å²) in [5.74, 6) is 0.156. The Morgan fingerprint density at radius 3 is 3.04 bits per heavy atom. The summed E-state index contributed by atoms with van der Waals surface area (Å²) >= 11 is 0. The number of imidazole rings is 1. The fraction of sp³-hybridized carbons (Fsp3) is 0.471. The third-order valence-electron chi connectivity index (χ3n) is 5.01. The summed E-state index contributed by atoms with van der Waals surface area (Å²) in [6.07, 6.45) is 4.60. The van der Waals surface area contributed by atoms with Gasteiger partial charge in [0.05, 0.1) is 17.8 Å². The Morgan fingerprint density at radius 2 is 2.17 bits per heavy atom. The van der Waals surface area contributed by atoms with Crippen molar-refractivity contribution in [2.75, 3.05) is 6.54 Å². The van der Waals surface area contributed by atoms with Crippen LogP contribution < -0.4 is 5.32 Å².